The summed E-state index contributed by atoms with van der Waals surface area (Å²) in [5.74, 6) is 0. The second-order valence-corrected chi connectivity index (χ2v) is 6.21. The zero-order valence-corrected chi connectivity index (χ0v) is 13.3. The number of rotatable bonds is 2. The largest absolute Gasteiger partial charge is 1.00 e. The molecule has 0 amide bonds. The molecule has 1 heterocycles. The molecular weight excluding hydrogens is 315 g/mol. The van der Waals surface area contributed by atoms with Crippen molar-refractivity contribution in [3.8, 4) is 11.3 Å². The second-order valence-electron chi connectivity index (χ2n) is 5.00. The maximum Gasteiger partial charge on any atom is 0.390 e. The molecule has 1 saturated carbocycles. The number of halogens is 2. The van der Waals surface area contributed by atoms with Gasteiger partial charge in [-0.2, -0.15) is 8.33 Å². The zero-order valence-electron chi connectivity index (χ0n) is 10.9. The highest BCUT2D eigenvalue weighted by Crippen LogP contribution is 2.26. The van der Waals surface area contributed by atoms with Gasteiger partial charge in [0.05, 0.1) is 0 Å². The molecule has 0 radical (unpaired) electrons. The number of aromatic nitrogens is 2. The molecule has 108 valence electrons. The van der Waals surface area contributed by atoms with E-state index in [1.54, 1.807) is 0 Å². The summed E-state index contributed by atoms with van der Waals surface area (Å²) in [5, 5.41) is 0.694. The average molecular weight is 331 g/mol. The molecule has 1 aliphatic carbocycles. The van der Waals surface area contributed by atoms with Crippen LogP contribution in [0, 0.1) is 0 Å². The second kappa shape index (κ2) is 6.74. The Kier molecular flexibility index (Phi) is 5.24. The van der Waals surface area contributed by atoms with Crippen LogP contribution in [0.2, 0.25) is 5.02 Å². The summed E-state index contributed by atoms with van der Waals surface area (Å²) < 4.78 is 5.02. The predicted molar refractivity (Wildman–Crippen MR) is 77.7 cm³/mol. The molecule has 1 N–H and O–H groups in total. The van der Waals surface area contributed by atoms with E-state index in [1.807, 2.05) is 24.3 Å². The summed E-state index contributed by atoms with van der Waals surface area (Å²) >= 11 is 7.34. The molecule has 3 nitrogen and oxygen atoms in total. The van der Waals surface area contributed by atoms with Crippen LogP contribution in [0.1, 0.15) is 38.1 Å². The maximum atomic E-state index is 12.1. The van der Waals surface area contributed by atoms with Gasteiger partial charge in [0, 0.05) is 10.6 Å². The molecule has 20 heavy (non-hydrogen) atoms. The van der Waals surface area contributed by atoms with Crippen molar-refractivity contribution in [3.63, 3.8) is 0 Å². The highest BCUT2D eigenvalue weighted by atomic mass is 35.5. The number of benzene rings is 1. The quantitative estimate of drug-likeness (QED) is 0.802. The molecule has 2 aromatic rings. The number of H-pyrrole nitrogens is 1. The van der Waals surface area contributed by atoms with Crippen LogP contribution in [0.5, 0.6) is 0 Å². The zero-order chi connectivity index (χ0) is 13.2. The molecule has 6 heteroatoms. The van der Waals surface area contributed by atoms with Crippen molar-refractivity contribution in [3.05, 3.63) is 39.6 Å². The highest BCUT2D eigenvalue weighted by Gasteiger charge is 2.27. The first-order chi connectivity index (χ1) is 9.25. The van der Waals surface area contributed by atoms with Crippen LogP contribution in [0.15, 0.2) is 29.1 Å². The van der Waals surface area contributed by atoms with E-state index >= 15 is 0 Å². The molecule has 0 bridgehead atoms. The number of aromatic amines is 1. The average Bonchev–Trinajstić information content (AvgIpc) is 2.83. The van der Waals surface area contributed by atoms with Crippen LogP contribution in [-0.2, 0) is 0 Å². The predicted octanol–water partition coefficient (Wildman–Crippen LogP) is 0.553. The molecule has 1 fully saturated rings. The van der Waals surface area contributed by atoms with E-state index in [1.165, 1.54) is 43.8 Å². The van der Waals surface area contributed by atoms with Crippen molar-refractivity contribution in [2.75, 3.05) is 0 Å². The summed E-state index contributed by atoms with van der Waals surface area (Å²) in [6, 6.07) is 7.96. The van der Waals surface area contributed by atoms with E-state index < -0.39 is 0 Å². The van der Waals surface area contributed by atoms with Crippen molar-refractivity contribution < 1.29 is 16.4 Å². The van der Waals surface area contributed by atoms with Gasteiger partial charge in [0.25, 0.3) is 0 Å². The molecule has 0 atom stereocenters. The fourth-order valence-corrected chi connectivity index (χ4v) is 3.77. The molecule has 3 rings (SSSR count). The molecule has 0 spiro atoms. The minimum absolute atomic E-state index is 0. The lowest BCUT2D eigenvalue weighted by atomic mass is 9.95. The van der Waals surface area contributed by atoms with E-state index in [-0.39, 0.29) is 18.0 Å². The number of nitrogens with one attached hydrogen (secondary N) is 1. The Bertz CT molecular complexity index is 615. The van der Waals surface area contributed by atoms with Gasteiger partial charge < -0.3 is 12.4 Å². The van der Waals surface area contributed by atoms with Crippen LogP contribution >= 0.6 is 23.3 Å². The lowest BCUT2D eigenvalue weighted by molar-refractivity contribution is -0.651. The third kappa shape index (κ3) is 3.08. The first kappa shape index (κ1) is 15.5. The molecule has 0 saturated heterocycles. The Morgan fingerprint density at radius 2 is 1.80 bits per heavy atom. The van der Waals surface area contributed by atoms with Gasteiger partial charge in [-0.15, -0.1) is 0 Å². The summed E-state index contributed by atoms with van der Waals surface area (Å²) in [7, 11) is 0. The fourth-order valence-electron chi connectivity index (χ4n) is 2.72. The van der Waals surface area contributed by atoms with Crippen LogP contribution in [0.4, 0.5) is 0 Å². The Morgan fingerprint density at radius 3 is 2.45 bits per heavy atom. The SMILES string of the molecule is O=c1[nH]s[n+](C2CCCCC2)c1-c1ccc(Cl)cc1.[Cl-]. The summed E-state index contributed by atoms with van der Waals surface area (Å²) in [6.45, 7) is 0. The fraction of sp³-hybridized carbons (Fsp3) is 0.429. The van der Waals surface area contributed by atoms with Gasteiger partial charge in [-0.25, -0.2) is 4.79 Å². The lowest BCUT2D eigenvalue weighted by Crippen LogP contribution is -3.00. The summed E-state index contributed by atoms with van der Waals surface area (Å²) in [5.41, 5.74) is 1.71. The number of hydrogen-bond acceptors (Lipinski definition) is 2. The van der Waals surface area contributed by atoms with Crippen molar-refractivity contribution in [1.82, 2.24) is 4.37 Å². The Hall–Kier alpha value is -0.840. The minimum Gasteiger partial charge on any atom is -1.00 e. The lowest BCUT2D eigenvalue weighted by Gasteiger charge is -2.18. The van der Waals surface area contributed by atoms with E-state index in [2.05, 4.69) is 8.33 Å². The molecule has 1 aromatic carbocycles. The Labute approximate surface area is 133 Å². The van der Waals surface area contributed by atoms with Gasteiger partial charge in [-0.05, 0) is 49.9 Å². The van der Waals surface area contributed by atoms with E-state index in [0.29, 0.717) is 11.1 Å². The van der Waals surface area contributed by atoms with Crippen molar-refractivity contribution >= 4 is 23.3 Å². The third-order valence-electron chi connectivity index (χ3n) is 3.70. The third-order valence-corrected chi connectivity index (χ3v) is 4.90. The summed E-state index contributed by atoms with van der Waals surface area (Å²) in [4.78, 5) is 12.1. The summed E-state index contributed by atoms with van der Waals surface area (Å²) in [6.07, 6.45) is 6.15. The van der Waals surface area contributed by atoms with Crippen LogP contribution in [-0.4, -0.2) is 4.37 Å². The van der Waals surface area contributed by atoms with Crippen molar-refractivity contribution in [1.29, 1.82) is 0 Å². The Balaban J connectivity index is 0.00000147. The van der Waals surface area contributed by atoms with Crippen LogP contribution in [0.25, 0.3) is 11.3 Å². The molecule has 1 aromatic heterocycles. The van der Waals surface area contributed by atoms with Gasteiger partial charge in [0.1, 0.15) is 6.04 Å². The number of hydrogen-bond donors (Lipinski definition) is 1. The molecule has 0 unspecified atom stereocenters. The number of nitrogens with zero attached hydrogens (tertiary/aromatic N) is 1. The van der Waals surface area contributed by atoms with Gasteiger partial charge in [-0.3, -0.25) is 0 Å². The molecule has 0 aliphatic heterocycles. The molecular formula is C14H16Cl2N2OS. The highest BCUT2D eigenvalue weighted by molar-refractivity contribution is 6.94. The van der Waals surface area contributed by atoms with Crippen molar-refractivity contribution in [2.45, 2.75) is 38.1 Å². The first-order valence-corrected chi connectivity index (χ1v) is 7.80. The molecule has 1 aliphatic rings. The standard InChI is InChI=1S/C14H15ClN2OS.ClH/c15-11-8-6-10(7-9-11)13-14(18)16-19-17(13)12-4-2-1-3-5-12;/h6-9,12H,1-5H2;1H. The van der Waals surface area contributed by atoms with Gasteiger partial charge in [-0.1, -0.05) is 18.0 Å². The normalized spacial score (nSPS) is 15.8. The maximum absolute atomic E-state index is 12.1. The Morgan fingerprint density at radius 1 is 1.15 bits per heavy atom. The van der Waals surface area contributed by atoms with E-state index in [4.69, 9.17) is 11.6 Å². The van der Waals surface area contributed by atoms with Gasteiger partial charge in [0.2, 0.25) is 17.4 Å². The van der Waals surface area contributed by atoms with E-state index in [9.17, 15) is 4.79 Å². The smallest absolute Gasteiger partial charge is 0.390 e. The van der Waals surface area contributed by atoms with Crippen LogP contribution in [0.3, 0.4) is 0 Å². The van der Waals surface area contributed by atoms with E-state index in [0.717, 1.165) is 11.3 Å². The van der Waals surface area contributed by atoms with Gasteiger partial charge in [0.15, 0.2) is 0 Å². The van der Waals surface area contributed by atoms with Crippen molar-refractivity contribution in [2.24, 2.45) is 0 Å². The first-order valence-electron chi connectivity index (χ1n) is 6.65. The van der Waals surface area contributed by atoms with Gasteiger partial charge >= 0.3 is 5.56 Å². The minimum atomic E-state index is -0.00195. The topological polar surface area (TPSA) is 36.7 Å². The van der Waals surface area contributed by atoms with Crippen LogP contribution < -0.4 is 21.9 Å². The monoisotopic (exact) mass is 330 g/mol.